The highest BCUT2D eigenvalue weighted by Crippen LogP contribution is 2.60. The molecule has 7 rings (SSSR count). The first-order valence-corrected chi connectivity index (χ1v) is 12.3. The molecule has 0 saturated heterocycles. The second kappa shape index (κ2) is 7.12. The number of benzene rings is 5. The predicted molar refractivity (Wildman–Crippen MR) is 138 cm³/mol. The minimum Gasteiger partial charge on any atom is -0.0894 e. The van der Waals surface area contributed by atoms with Crippen LogP contribution in [0.25, 0.3) is 22.3 Å². The summed E-state index contributed by atoms with van der Waals surface area (Å²) < 4.78 is 0. The van der Waals surface area contributed by atoms with Gasteiger partial charge in [-0.3, -0.25) is 0 Å². The van der Waals surface area contributed by atoms with Gasteiger partial charge in [0.2, 0.25) is 0 Å². The lowest BCUT2D eigenvalue weighted by Gasteiger charge is -2.42. The Hall–Kier alpha value is -3.26. The molecule has 0 nitrogen and oxygen atoms in total. The van der Waals surface area contributed by atoms with Crippen molar-refractivity contribution >= 4 is 23.4 Å². The molecule has 0 atom stereocenters. The quantitative estimate of drug-likeness (QED) is 0.219. The van der Waals surface area contributed by atoms with Crippen LogP contribution in [0.15, 0.2) is 125 Å². The summed E-state index contributed by atoms with van der Waals surface area (Å²) in [6, 6.07) is 41.9. The monoisotopic (exact) mass is 458 g/mol. The van der Waals surface area contributed by atoms with E-state index in [1.807, 2.05) is 17.8 Å². The van der Waals surface area contributed by atoms with Crippen LogP contribution in [0, 0.1) is 0 Å². The first-order valence-electron chi connectivity index (χ1n) is 11.1. The number of halogens is 1. The van der Waals surface area contributed by atoms with E-state index in [1.54, 1.807) is 0 Å². The fourth-order valence-electron chi connectivity index (χ4n) is 5.78. The molecule has 0 N–H and O–H groups in total. The molecule has 2 aliphatic rings. The lowest BCUT2D eigenvalue weighted by Crippen LogP contribution is -2.34. The number of fused-ring (bicyclic) bond motifs is 11. The summed E-state index contributed by atoms with van der Waals surface area (Å²) in [4.78, 5) is 2.55. The van der Waals surface area contributed by atoms with Gasteiger partial charge in [-0.15, -0.1) is 0 Å². The third-order valence-corrected chi connectivity index (χ3v) is 8.41. The Kier molecular flexibility index (Phi) is 4.15. The van der Waals surface area contributed by atoms with Gasteiger partial charge in [0.1, 0.15) is 0 Å². The minimum atomic E-state index is -0.464. The van der Waals surface area contributed by atoms with Crippen molar-refractivity contribution in [3.8, 4) is 22.3 Å². The van der Waals surface area contributed by atoms with Crippen LogP contribution in [0.4, 0.5) is 0 Å². The Labute approximate surface area is 202 Å². The van der Waals surface area contributed by atoms with Gasteiger partial charge in [0, 0.05) is 14.8 Å². The molecule has 0 saturated carbocycles. The van der Waals surface area contributed by atoms with Crippen LogP contribution in [0.5, 0.6) is 0 Å². The molecule has 0 aromatic heterocycles. The van der Waals surface area contributed by atoms with E-state index in [2.05, 4.69) is 109 Å². The number of hydrogen-bond acceptors (Lipinski definition) is 1. The van der Waals surface area contributed by atoms with Crippen LogP contribution in [0.1, 0.15) is 22.3 Å². The molecule has 0 unspecified atom stereocenters. The molecular weight excluding hydrogens is 440 g/mol. The molecule has 33 heavy (non-hydrogen) atoms. The summed E-state index contributed by atoms with van der Waals surface area (Å²) in [5.74, 6) is 0. The molecule has 2 heteroatoms. The Balaban J connectivity index is 1.77. The average molecular weight is 459 g/mol. The predicted octanol–water partition coefficient (Wildman–Crippen LogP) is 8.83. The first kappa shape index (κ1) is 19.2. The van der Waals surface area contributed by atoms with Gasteiger partial charge in [-0.25, -0.2) is 0 Å². The molecule has 1 heterocycles. The van der Waals surface area contributed by atoms with Crippen molar-refractivity contribution in [1.82, 2.24) is 0 Å². The van der Waals surface area contributed by atoms with Crippen LogP contribution in [0.3, 0.4) is 0 Å². The normalized spacial score (nSPS) is 14.3. The molecule has 0 bridgehead atoms. The van der Waals surface area contributed by atoms with Crippen molar-refractivity contribution in [2.24, 2.45) is 0 Å². The molecule has 5 aromatic rings. The summed E-state index contributed by atoms with van der Waals surface area (Å²) >= 11 is 8.52. The maximum atomic E-state index is 6.68. The van der Waals surface area contributed by atoms with Gasteiger partial charge in [0.25, 0.3) is 0 Å². The van der Waals surface area contributed by atoms with Crippen LogP contribution in [0.2, 0.25) is 5.02 Å². The summed E-state index contributed by atoms with van der Waals surface area (Å²) in [6.45, 7) is 0. The van der Waals surface area contributed by atoms with Crippen LogP contribution in [-0.4, -0.2) is 0 Å². The van der Waals surface area contributed by atoms with Crippen LogP contribution in [-0.2, 0) is 5.41 Å². The zero-order valence-electron chi connectivity index (χ0n) is 17.8. The molecule has 0 fully saturated rings. The lowest BCUT2D eigenvalue weighted by molar-refractivity contribution is 0.708. The van der Waals surface area contributed by atoms with E-state index < -0.39 is 5.41 Å². The fourth-order valence-corrected chi connectivity index (χ4v) is 7.13. The van der Waals surface area contributed by atoms with Gasteiger partial charge in [0.15, 0.2) is 0 Å². The molecule has 156 valence electrons. The molecular formula is C31H19ClS. The van der Waals surface area contributed by atoms with Crippen LogP contribution < -0.4 is 0 Å². The van der Waals surface area contributed by atoms with E-state index in [0.29, 0.717) is 0 Å². The fraction of sp³-hybridized carbons (Fsp3) is 0.0323. The first-order chi connectivity index (χ1) is 16.3. The summed E-state index contributed by atoms with van der Waals surface area (Å²) in [5.41, 5.74) is 9.82. The van der Waals surface area contributed by atoms with Crippen molar-refractivity contribution in [2.75, 3.05) is 0 Å². The number of rotatable bonds is 0. The average Bonchev–Trinajstić information content (AvgIpc) is 2.98. The molecule has 1 aliphatic heterocycles. The molecule has 0 amide bonds. The highest BCUT2D eigenvalue weighted by Gasteiger charge is 2.48. The van der Waals surface area contributed by atoms with Crippen molar-refractivity contribution in [2.45, 2.75) is 15.2 Å². The zero-order valence-corrected chi connectivity index (χ0v) is 19.3. The van der Waals surface area contributed by atoms with Gasteiger partial charge >= 0.3 is 0 Å². The van der Waals surface area contributed by atoms with Gasteiger partial charge < -0.3 is 0 Å². The van der Waals surface area contributed by atoms with Crippen molar-refractivity contribution < 1.29 is 0 Å². The van der Waals surface area contributed by atoms with Gasteiger partial charge in [-0.05, 0) is 68.8 Å². The van der Waals surface area contributed by atoms with Gasteiger partial charge in [-0.1, -0.05) is 114 Å². The third kappa shape index (κ3) is 2.55. The minimum absolute atomic E-state index is 0.464. The Bertz CT molecular complexity index is 1500. The SMILES string of the molecule is Clc1ccc2c(c1)C1(c3ccccc3S2)c2ccccc2-c2ccccc2-c2ccccc21. The molecule has 1 aliphatic carbocycles. The summed E-state index contributed by atoms with van der Waals surface area (Å²) in [6.07, 6.45) is 0. The van der Waals surface area contributed by atoms with Gasteiger partial charge in [-0.2, -0.15) is 0 Å². The maximum absolute atomic E-state index is 6.68. The van der Waals surface area contributed by atoms with Crippen molar-refractivity contribution in [3.63, 3.8) is 0 Å². The Morgan fingerprint density at radius 3 is 1.58 bits per heavy atom. The summed E-state index contributed by atoms with van der Waals surface area (Å²) in [7, 11) is 0. The highest BCUT2D eigenvalue weighted by atomic mass is 35.5. The second-order valence-electron chi connectivity index (χ2n) is 8.63. The second-order valence-corrected chi connectivity index (χ2v) is 10.1. The van der Waals surface area contributed by atoms with E-state index >= 15 is 0 Å². The summed E-state index contributed by atoms with van der Waals surface area (Å²) in [5, 5.41) is 0.768. The zero-order chi connectivity index (χ0) is 22.0. The van der Waals surface area contributed by atoms with E-state index in [4.69, 9.17) is 11.6 Å². The topological polar surface area (TPSA) is 0 Å². The van der Waals surface area contributed by atoms with Crippen molar-refractivity contribution in [3.05, 3.63) is 143 Å². The molecule has 0 radical (unpaired) electrons. The maximum Gasteiger partial charge on any atom is 0.0735 e. The third-order valence-electron chi connectivity index (χ3n) is 7.03. The van der Waals surface area contributed by atoms with Gasteiger partial charge in [0.05, 0.1) is 5.41 Å². The molecule has 1 spiro atoms. The standard InChI is InChI=1S/C31H19ClS/c32-20-17-18-30-28(19-20)31(27-15-7-8-16-29(27)33-30)25-13-5-3-11-23(25)21-9-1-2-10-22(21)24-12-4-6-14-26(24)31/h1-19H. The van der Waals surface area contributed by atoms with E-state index in [0.717, 1.165) is 5.02 Å². The smallest absolute Gasteiger partial charge is 0.0735 e. The Morgan fingerprint density at radius 1 is 0.455 bits per heavy atom. The van der Waals surface area contributed by atoms with E-state index in [-0.39, 0.29) is 0 Å². The van der Waals surface area contributed by atoms with E-state index in [1.165, 1.54) is 54.3 Å². The highest BCUT2D eigenvalue weighted by molar-refractivity contribution is 7.99. The van der Waals surface area contributed by atoms with E-state index in [9.17, 15) is 0 Å². The number of hydrogen-bond donors (Lipinski definition) is 0. The largest absolute Gasteiger partial charge is 0.0894 e. The Morgan fingerprint density at radius 2 is 0.939 bits per heavy atom. The van der Waals surface area contributed by atoms with Crippen LogP contribution >= 0.6 is 23.4 Å². The lowest BCUT2D eigenvalue weighted by atomic mass is 9.63. The van der Waals surface area contributed by atoms with Crippen molar-refractivity contribution in [1.29, 1.82) is 0 Å². The molecule has 5 aromatic carbocycles.